The number of ether oxygens (including phenoxy) is 1. The van der Waals surface area contributed by atoms with E-state index in [9.17, 15) is 9.59 Å². The zero-order chi connectivity index (χ0) is 15.1. The molecular weight excluding hydrogens is 261 g/mol. The third-order valence-electron chi connectivity index (χ3n) is 3.85. The lowest BCUT2D eigenvalue weighted by molar-refractivity contribution is 0.00578. The zero-order valence-corrected chi connectivity index (χ0v) is 12.3. The average molecular weight is 279 g/mol. The molecule has 1 saturated heterocycles. The molecule has 0 aromatic carbocycles. The van der Waals surface area contributed by atoms with E-state index in [0.29, 0.717) is 5.46 Å². The van der Waals surface area contributed by atoms with Crippen LogP contribution in [0.15, 0.2) is 16.9 Å². The van der Waals surface area contributed by atoms with Gasteiger partial charge in [0.1, 0.15) is 5.69 Å². The molecule has 2 heterocycles. The fraction of sp³-hybridized carbons (Fsp3) is 0.538. The van der Waals surface area contributed by atoms with Crippen molar-refractivity contribution >= 4 is 18.6 Å². The van der Waals surface area contributed by atoms with Crippen molar-refractivity contribution in [3.63, 3.8) is 0 Å². The Morgan fingerprint density at radius 2 is 1.75 bits per heavy atom. The SMILES string of the molecule is COC(=O)c1[nH]c(=O)ccc1B1OC(C)(C)C(C)(C)O1. The number of hydrogen-bond donors (Lipinski definition) is 1. The number of nitrogens with one attached hydrogen (secondary N) is 1. The standard InChI is InChI=1S/C13H18BNO5/c1-12(2)13(3,4)20-14(19-12)8-6-7-9(16)15-10(8)11(17)18-5/h6-7H,1-5H3,(H,15,16). The lowest BCUT2D eigenvalue weighted by Gasteiger charge is -2.32. The number of esters is 1. The molecule has 1 aromatic heterocycles. The van der Waals surface area contributed by atoms with Crippen molar-refractivity contribution < 1.29 is 18.8 Å². The lowest BCUT2D eigenvalue weighted by Crippen LogP contribution is -2.41. The van der Waals surface area contributed by atoms with Gasteiger partial charge in [0.05, 0.1) is 18.3 Å². The van der Waals surface area contributed by atoms with Crippen molar-refractivity contribution in [2.45, 2.75) is 38.9 Å². The van der Waals surface area contributed by atoms with Gasteiger partial charge in [0.2, 0.25) is 5.56 Å². The van der Waals surface area contributed by atoms with Crippen molar-refractivity contribution in [3.8, 4) is 0 Å². The Balaban J connectivity index is 2.45. The van der Waals surface area contributed by atoms with E-state index in [1.54, 1.807) is 0 Å². The predicted octanol–water partition coefficient (Wildman–Crippen LogP) is 0.461. The fourth-order valence-electron chi connectivity index (χ4n) is 1.92. The summed E-state index contributed by atoms with van der Waals surface area (Å²) in [6.07, 6.45) is 0. The van der Waals surface area contributed by atoms with Crippen LogP contribution in [-0.4, -0.2) is 36.4 Å². The van der Waals surface area contributed by atoms with Crippen molar-refractivity contribution in [1.29, 1.82) is 0 Å². The van der Waals surface area contributed by atoms with Crippen LogP contribution in [0.3, 0.4) is 0 Å². The summed E-state index contributed by atoms with van der Waals surface area (Å²) in [7, 11) is 0.521. The first kappa shape index (κ1) is 14.8. The summed E-state index contributed by atoms with van der Waals surface area (Å²) in [5, 5.41) is 0. The van der Waals surface area contributed by atoms with Crippen LogP contribution in [0.25, 0.3) is 0 Å². The lowest BCUT2D eigenvalue weighted by atomic mass is 9.78. The zero-order valence-electron chi connectivity index (χ0n) is 12.3. The predicted molar refractivity (Wildman–Crippen MR) is 74.1 cm³/mol. The summed E-state index contributed by atoms with van der Waals surface area (Å²) < 4.78 is 16.4. The highest BCUT2D eigenvalue weighted by Gasteiger charge is 2.52. The summed E-state index contributed by atoms with van der Waals surface area (Å²) in [6.45, 7) is 7.65. The summed E-state index contributed by atoms with van der Waals surface area (Å²) >= 11 is 0. The number of pyridine rings is 1. The average Bonchev–Trinajstić information content (AvgIpc) is 2.57. The molecule has 0 saturated carbocycles. The molecule has 0 spiro atoms. The Morgan fingerprint density at radius 3 is 2.25 bits per heavy atom. The van der Waals surface area contributed by atoms with Crippen LogP contribution in [0, 0.1) is 0 Å². The Bertz CT molecular complexity index is 577. The quantitative estimate of drug-likeness (QED) is 0.628. The molecule has 1 aliphatic heterocycles. The molecule has 7 heteroatoms. The van der Waals surface area contributed by atoms with Crippen molar-refractivity contribution in [1.82, 2.24) is 4.98 Å². The van der Waals surface area contributed by atoms with Crippen molar-refractivity contribution in [2.24, 2.45) is 0 Å². The number of rotatable bonds is 2. The highest BCUT2D eigenvalue weighted by atomic mass is 16.7. The second-order valence-corrected chi connectivity index (χ2v) is 5.73. The van der Waals surface area contributed by atoms with E-state index in [2.05, 4.69) is 9.72 Å². The van der Waals surface area contributed by atoms with Gasteiger partial charge in [-0.25, -0.2) is 4.79 Å². The third kappa shape index (κ3) is 2.38. The maximum absolute atomic E-state index is 11.8. The first-order valence-corrected chi connectivity index (χ1v) is 6.35. The van der Waals surface area contributed by atoms with Gasteiger partial charge < -0.3 is 19.0 Å². The van der Waals surface area contributed by atoms with E-state index in [1.807, 2.05) is 27.7 Å². The normalized spacial score (nSPS) is 19.9. The monoisotopic (exact) mass is 279 g/mol. The van der Waals surface area contributed by atoms with Crippen molar-refractivity contribution in [3.05, 3.63) is 28.2 Å². The summed E-state index contributed by atoms with van der Waals surface area (Å²) in [4.78, 5) is 25.6. The van der Waals surface area contributed by atoms with E-state index in [4.69, 9.17) is 9.31 Å². The van der Waals surface area contributed by atoms with Crippen LogP contribution in [0.4, 0.5) is 0 Å². The summed E-state index contributed by atoms with van der Waals surface area (Å²) in [5.74, 6) is -0.632. The van der Waals surface area contributed by atoms with Gasteiger partial charge in [-0.3, -0.25) is 4.79 Å². The number of H-pyrrole nitrogens is 1. The van der Waals surface area contributed by atoms with Gasteiger partial charge in [-0.1, -0.05) is 6.07 Å². The topological polar surface area (TPSA) is 77.6 Å². The van der Waals surface area contributed by atoms with Gasteiger partial charge in [0.15, 0.2) is 0 Å². The van der Waals surface area contributed by atoms with Gasteiger partial charge in [-0.2, -0.15) is 0 Å². The first-order valence-electron chi connectivity index (χ1n) is 6.35. The third-order valence-corrected chi connectivity index (χ3v) is 3.85. The van der Waals surface area contributed by atoms with Gasteiger partial charge in [-0.15, -0.1) is 0 Å². The van der Waals surface area contributed by atoms with Gasteiger partial charge in [-0.05, 0) is 27.7 Å². The molecule has 1 N–H and O–H groups in total. The molecule has 0 aliphatic carbocycles. The molecule has 0 radical (unpaired) electrons. The van der Waals surface area contributed by atoms with Gasteiger partial charge in [0, 0.05) is 11.5 Å². The Kier molecular flexibility index (Phi) is 3.52. The van der Waals surface area contributed by atoms with E-state index in [0.717, 1.165) is 0 Å². The van der Waals surface area contributed by atoms with Gasteiger partial charge in [0.25, 0.3) is 0 Å². The Labute approximate surface area is 117 Å². The second kappa shape index (κ2) is 4.75. The maximum atomic E-state index is 11.8. The molecule has 0 unspecified atom stereocenters. The number of aromatic amines is 1. The molecule has 0 amide bonds. The minimum Gasteiger partial charge on any atom is -0.464 e. The van der Waals surface area contributed by atoms with Crippen LogP contribution >= 0.6 is 0 Å². The molecule has 0 atom stereocenters. The maximum Gasteiger partial charge on any atom is 0.497 e. The van der Waals surface area contributed by atoms with Crippen LogP contribution < -0.4 is 11.0 Å². The molecular formula is C13H18BNO5. The summed E-state index contributed by atoms with van der Waals surface area (Å²) in [5.41, 5.74) is -0.929. The van der Waals surface area contributed by atoms with Crippen LogP contribution in [0.5, 0.6) is 0 Å². The number of carbonyl (C=O) groups is 1. The molecule has 6 nitrogen and oxygen atoms in total. The fourth-order valence-corrected chi connectivity index (χ4v) is 1.92. The van der Waals surface area contributed by atoms with E-state index in [1.165, 1.54) is 19.2 Å². The molecule has 1 aliphatic rings. The largest absolute Gasteiger partial charge is 0.497 e. The van der Waals surface area contributed by atoms with Crippen LogP contribution in [0.2, 0.25) is 0 Å². The number of aromatic nitrogens is 1. The highest BCUT2D eigenvalue weighted by Crippen LogP contribution is 2.36. The molecule has 1 aromatic rings. The highest BCUT2D eigenvalue weighted by molar-refractivity contribution is 6.63. The molecule has 1 fully saturated rings. The van der Waals surface area contributed by atoms with E-state index in [-0.39, 0.29) is 11.3 Å². The molecule has 108 valence electrons. The smallest absolute Gasteiger partial charge is 0.464 e. The molecule has 20 heavy (non-hydrogen) atoms. The second-order valence-electron chi connectivity index (χ2n) is 5.73. The molecule has 2 rings (SSSR count). The van der Waals surface area contributed by atoms with E-state index < -0.39 is 24.3 Å². The summed E-state index contributed by atoms with van der Waals surface area (Å²) in [6, 6.07) is 2.85. The van der Waals surface area contributed by atoms with Gasteiger partial charge >= 0.3 is 13.1 Å². The number of methoxy groups -OCH3 is 1. The van der Waals surface area contributed by atoms with Crippen molar-refractivity contribution in [2.75, 3.05) is 7.11 Å². The number of carbonyl (C=O) groups excluding carboxylic acids is 1. The van der Waals surface area contributed by atoms with Crippen LogP contribution in [-0.2, 0) is 14.0 Å². The minimum absolute atomic E-state index is 0.0542. The van der Waals surface area contributed by atoms with E-state index >= 15 is 0 Å². The Hall–Kier alpha value is -1.60. The first-order chi connectivity index (χ1) is 9.18. The van der Waals surface area contributed by atoms with Crippen LogP contribution in [0.1, 0.15) is 38.2 Å². The Morgan fingerprint density at radius 1 is 1.20 bits per heavy atom. The molecule has 0 bridgehead atoms. The number of hydrogen-bond acceptors (Lipinski definition) is 5. The minimum atomic E-state index is -0.731.